The van der Waals surface area contributed by atoms with Gasteiger partial charge in [0.15, 0.2) is 0 Å². The molecule has 2 aromatic rings. The lowest BCUT2D eigenvalue weighted by Crippen LogP contribution is -2.18. The van der Waals surface area contributed by atoms with Gasteiger partial charge in [-0.15, -0.1) is 11.3 Å². The minimum atomic E-state index is -0.0372. The third-order valence-electron chi connectivity index (χ3n) is 2.24. The van der Waals surface area contributed by atoms with Crippen LogP contribution in [0, 0.1) is 0 Å². The second-order valence-corrected chi connectivity index (χ2v) is 5.41. The molecule has 2 heterocycles. The van der Waals surface area contributed by atoms with Gasteiger partial charge in [0, 0.05) is 29.9 Å². The third-order valence-corrected chi connectivity index (χ3v) is 3.45. The molecule has 4 nitrogen and oxygen atoms in total. The Labute approximate surface area is 109 Å². The first kappa shape index (κ1) is 12.3. The second kappa shape index (κ2) is 5.44. The SMILES string of the molecule is CN(Cc1ccc(Cl)s1)c1ncc(CO)cn1. The van der Waals surface area contributed by atoms with E-state index < -0.39 is 0 Å². The summed E-state index contributed by atoms with van der Waals surface area (Å²) >= 11 is 7.42. The van der Waals surface area contributed by atoms with Crippen LogP contribution in [-0.2, 0) is 13.2 Å². The second-order valence-electron chi connectivity index (χ2n) is 3.61. The molecular formula is C11H12ClN3OS. The maximum atomic E-state index is 8.90. The fourth-order valence-electron chi connectivity index (χ4n) is 1.37. The van der Waals surface area contributed by atoms with Gasteiger partial charge in [-0.1, -0.05) is 11.6 Å². The van der Waals surface area contributed by atoms with Crippen LogP contribution in [0.3, 0.4) is 0 Å². The van der Waals surface area contributed by atoms with Gasteiger partial charge in [-0.25, -0.2) is 9.97 Å². The maximum absolute atomic E-state index is 8.90. The van der Waals surface area contributed by atoms with Crippen molar-refractivity contribution in [1.29, 1.82) is 0 Å². The number of aromatic nitrogens is 2. The van der Waals surface area contributed by atoms with Gasteiger partial charge < -0.3 is 10.0 Å². The van der Waals surface area contributed by atoms with Gasteiger partial charge in [0.2, 0.25) is 5.95 Å². The molecule has 0 aliphatic heterocycles. The lowest BCUT2D eigenvalue weighted by Gasteiger charge is -2.15. The molecule has 0 amide bonds. The zero-order valence-electron chi connectivity index (χ0n) is 9.30. The summed E-state index contributed by atoms with van der Waals surface area (Å²) in [4.78, 5) is 11.5. The molecule has 0 fully saturated rings. The van der Waals surface area contributed by atoms with E-state index in [0.717, 1.165) is 15.8 Å². The summed E-state index contributed by atoms with van der Waals surface area (Å²) in [5.41, 5.74) is 0.710. The minimum Gasteiger partial charge on any atom is -0.392 e. The smallest absolute Gasteiger partial charge is 0.225 e. The predicted octanol–water partition coefficient (Wildman–Crippen LogP) is 2.32. The lowest BCUT2D eigenvalue weighted by molar-refractivity contribution is 0.281. The first-order chi connectivity index (χ1) is 8.19. The van der Waals surface area contributed by atoms with Crippen LogP contribution >= 0.6 is 22.9 Å². The normalized spacial score (nSPS) is 10.5. The molecule has 0 unspecified atom stereocenters. The molecule has 0 atom stereocenters. The average Bonchev–Trinajstić information content (AvgIpc) is 2.75. The van der Waals surface area contributed by atoms with Crippen molar-refractivity contribution < 1.29 is 5.11 Å². The molecule has 2 aromatic heterocycles. The van der Waals surface area contributed by atoms with E-state index in [2.05, 4.69) is 9.97 Å². The van der Waals surface area contributed by atoms with Gasteiger partial charge in [0.05, 0.1) is 17.5 Å². The van der Waals surface area contributed by atoms with E-state index in [4.69, 9.17) is 16.7 Å². The van der Waals surface area contributed by atoms with Gasteiger partial charge in [0.1, 0.15) is 0 Å². The predicted molar refractivity (Wildman–Crippen MR) is 69.4 cm³/mol. The lowest BCUT2D eigenvalue weighted by atomic mass is 10.4. The van der Waals surface area contributed by atoms with Crippen molar-refractivity contribution in [3.8, 4) is 0 Å². The zero-order valence-corrected chi connectivity index (χ0v) is 10.9. The summed E-state index contributed by atoms with van der Waals surface area (Å²) in [6.45, 7) is 0.681. The van der Waals surface area contributed by atoms with Crippen LogP contribution in [-0.4, -0.2) is 22.1 Å². The summed E-state index contributed by atoms with van der Waals surface area (Å²) in [5.74, 6) is 0.631. The highest BCUT2D eigenvalue weighted by molar-refractivity contribution is 7.16. The van der Waals surface area contributed by atoms with Crippen molar-refractivity contribution in [2.24, 2.45) is 0 Å². The summed E-state index contributed by atoms with van der Waals surface area (Å²) in [7, 11) is 1.92. The molecule has 17 heavy (non-hydrogen) atoms. The van der Waals surface area contributed by atoms with E-state index in [9.17, 15) is 0 Å². The highest BCUT2D eigenvalue weighted by atomic mass is 35.5. The molecule has 0 aromatic carbocycles. The van der Waals surface area contributed by atoms with Gasteiger partial charge in [0.25, 0.3) is 0 Å². The van der Waals surface area contributed by atoms with E-state index in [1.54, 1.807) is 23.7 Å². The van der Waals surface area contributed by atoms with Crippen molar-refractivity contribution in [1.82, 2.24) is 9.97 Å². The summed E-state index contributed by atoms with van der Waals surface area (Å²) in [5, 5.41) is 8.90. The molecule has 0 saturated carbocycles. The Morgan fingerprint density at radius 3 is 2.59 bits per heavy atom. The maximum Gasteiger partial charge on any atom is 0.225 e. The average molecular weight is 270 g/mol. The molecule has 0 spiro atoms. The van der Waals surface area contributed by atoms with Crippen molar-refractivity contribution in [3.63, 3.8) is 0 Å². The quantitative estimate of drug-likeness (QED) is 0.925. The van der Waals surface area contributed by atoms with Gasteiger partial charge in [-0.3, -0.25) is 0 Å². The Morgan fingerprint density at radius 1 is 1.35 bits per heavy atom. The number of nitrogens with zero attached hydrogens (tertiary/aromatic N) is 3. The van der Waals surface area contributed by atoms with Crippen LogP contribution in [0.4, 0.5) is 5.95 Å². The van der Waals surface area contributed by atoms with Gasteiger partial charge in [-0.05, 0) is 12.1 Å². The topological polar surface area (TPSA) is 49.2 Å². The number of halogens is 1. The Bertz CT molecular complexity index is 486. The molecule has 0 aliphatic carbocycles. The Morgan fingerprint density at radius 2 is 2.06 bits per heavy atom. The first-order valence-electron chi connectivity index (χ1n) is 5.06. The van der Waals surface area contributed by atoms with Gasteiger partial charge >= 0.3 is 0 Å². The molecule has 0 saturated heterocycles. The van der Waals surface area contributed by atoms with Crippen molar-refractivity contribution >= 4 is 28.9 Å². The number of hydrogen-bond acceptors (Lipinski definition) is 5. The molecule has 90 valence electrons. The van der Waals surface area contributed by atoms with Crippen LogP contribution in [0.2, 0.25) is 4.34 Å². The Hall–Kier alpha value is -1.17. The van der Waals surface area contributed by atoms with Crippen molar-refractivity contribution in [2.45, 2.75) is 13.2 Å². The fourth-order valence-corrected chi connectivity index (χ4v) is 2.51. The summed E-state index contributed by atoms with van der Waals surface area (Å²) in [6, 6.07) is 3.87. The summed E-state index contributed by atoms with van der Waals surface area (Å²) in [6.07, 6.45) is 3.25. The highest BCUT2D eigenvalue weighted by Gasteiger charge is 2.06. The highest BCUT2D eigenvalue weighted by Crippen LogP contribution is 2.23. The third kappa shape index (κ3) is 3.15. The zero-order chi connectivity index (χ0) is 12.3. The number of rotatable bonds is 4. The van der Waals surface area contributed by atoms with Crippen molar-refractivity contribution in [3.05, 3.63) is 39.3 Å². The van der Waals surface area contributed by atoms with E-state index >= 15 is 0 Å². The standard InChI is InChI=1S/C11H12ClN3OS/c1-15(6-9-2-3-10(12)17-9)11-13-4-8(7-16)5-14-11/h2-5,16H,6-7H2,1H3. The largest absolute Gasteiger partial charge is 0.392 e. The molecule has 1 N–H and O–H groups in total. The van der Waals surface area contributed by atoms with Crippen LogP contribution in [0.15, 0.2) is 24.5 Å². The van der Waals surface area contributed by atoms with Gasteiger partial charge in [-0.2, -0.15) is 0 Å². The molecule has 0 aliphatic rings. The first-order valence-corrected chi connectivity index (χ1v) is 6.25. The molecular weight excluding hydrogens is 258 g/mol. The number of aliphatic hydroxyl groups excluding tert-OH is 1. The van der Waals surface area contributed by atoms with E-state index in [1.165, 1.54) is 0 Å². The number of thiophene rings is 1. The number of anilines is 1. The van der Waals surface area contributed by atoms with E-state index in [1.807, 2.05) is 24.1 Å². The Balaban J connectivity index is 2.06. The van der Waals surface area contributed by atoms with Crippen LogP contribution in [0.1, 0.15) is 10.4 Å². The van der Waals surface area contributed by atoms with Crippen LogP contribution < -0.4 is 4.90 Å². The Kier molecular flexibility index (Phi) is 3.93. The van der Waals surface area contributed by atoms with E-state index in [-0.39, 0.29) is 6.61 Å². The molecule has 0 radical (unpaired) electrons. The van der Waals surface area contributed by atoms with E-state index in [0.29, 0.717) is 11.5 Å². The number of aliphatic hydroxyl groups is 1. The number of hydrogen-bond donors (Lipinski definition) is 1. The monoisotopic (exact) mass is 269 g/mol. The molecule has 6 heteroatoms. The molecule has 2 rings (SSSR count). The van der Waals surface area contributed by atoms with Crippen LogP contribution in [0.25, 0.3) is 0 Å². The molecule has 0 bridgehead atoms. The van der Waals surface area contributed by atoms with Crippen molar-refractivity contribution in [2.75, 3.05) is 11.9 Å². The summed E-state index contributed by atoms with van der Waals surface area (Å²) < 4.78 is 0.782. The fraction of sp³-hybridized carbons (Fsp3) is 0.273. The minimum absolute atomic E-state index is 0.0372. The van der Waals surface area contributed by atoms with Crippen LogP contribution in [0.5, 0.6) is 0 Å².